The van der Waals surface area contributed by atoms with Gasteiger partial charge in [-0.15, -0.1) is 0 Å². The quantitative estimate of drug-likeness (QED) is 0.870. The van der Waals surface area contributed by atoms with Crippen molar-refractivity contribution in [2.24, 2.45) is 0 Å². The Balaban J connectivity index is 1.65. The smallest absolute Gasteiger partial charge is 0.253 e. The standard InChI is InChI=1S/C21H29N5O/c1-21(2,3)24-20(27)16-13-18(15-22-14-16)23-17-5-7-19(8-6-17)26-11-9-25(4)10-12-26/h5-8,13-15,23H,9-12H2,1-4H3,(H,24,27). The van der Waals surface area contributed by atoms with Gasteiger partial charge in [-0.05, 0) is 58.2 Å². The molecule has 3 rings (SSSR count). The van der Waals surface area contributed by atoms with E-state index in [9.17, 15) is 4.79 Å². The van der Waals surface area contributed by atoms with E-state index in [1.54, 1.807) is 12.4 Å². The van der Waals surface area contributed by atoms with Gasteiger partial charge in [-0.2, -0.15) is 0 Å². The molecule has 1 amide bonds. The van der Waals surface area contributed by atoms with E-state index in [0.717, 1.165) is 37.6 Å². The Morgan fingerprint density at radius 2 is 1.67 bits per heavy atom. The SMILES string of the molecule is CN1CCN(c2ccc(Nc3cncc(C(=O)NC(C)(C)C)c3)cc2)CC1. The number of carbonyl (C=O) groups is 1. The molecular weight excluding hydrogens is 338 g/mol. The lowest BCUT2D eigenvalue weighted by molar-refractivity contribution is 0.0919. The lowest BCUT2D eigenvalue weighted by Gasteiger charge is -2.34. The molecule has 0 atom stereocenters. The molecule has 0 bridgehead atoms. The zero-order valence-electron chi connectivity index (χ0n) is 16.6. The highest BCUT2D eigenvalue weighted by atomic mass is 16.1. The normalized spacial score (nSPS) is 15.5. The molecule has 1 aliphatic rings. The topological polar surface area (TPSA) is 60.5 Å². The maximum absolute atomic E-state index is 12.3. The fourth-order valence-electron chi connectivity index (χ4n) is 3.03. The Bertz CT molecular complexity index is 774. The van der Waals surface area contributed by atoms with Crippen molar-refractivity contribution in [3.63, 3.8) is 0 Å². The number of piperazine rings is 1. The number of benzene rings is 1. The van der Waals surface area contributed by atoms with Crippen LogP contribution in [0.25, 0.3) is 0 Å². The minimum atomic E-state index is -0.278. The van der Waals surface area contributed by atoms with Gasteiger partial charge in [0.25, 0.3) is 5.91 Å². The minimum absolute atomic E-state index is 0.121. The summed E-state index contributed by atoms with van der Waals surface area (Å²) in [7, 11) is 2.16. The van der Waals surface area contributed by atoms with Crippen LogP contribution < -0.4 is 15.5 Å². The van der Waals surface area contributed by atoms with E-state index < -0.39 is 0 Å². The number of carbonyl (C=O) groups excluding carboxylic acids is 1. The largest absolute Gasteiger partial charge is 0.369 e. The predicted octanol–water partition coefficient (Wildman–Crippen LogP) is 3.11. The first-order valence-corrected chi connectivity index (χ1v) is 9.38. The Hall–Kier alpha value is -2.60. The summed E-state index contributed by atoms with van der Waals surface area (Å²) < 4.78 is 0. The lowest BCUT2D eigenvalue weighted by Crippen LogP contribution is -2.44. The molecular formula is C21H29N5O. The van der Waals surface area contributed by atoms with Gasteiger partial charge < -0.3 is 20.4 Å². The number of pyridine rings is 1. The van der Waals surface area contributed by atoms with Crippen molar-refractivity contribution in [1.82, 2.24) is 15.2 Å². The van der Waals surface area contributed by atoms with Crippen LogP contribution in [0.5, 0.6) is 0 Å². The van der Waals surface area contributed by atoms with E-state index in [4.69, 9.17) is 0 Å². The van der Waals surface area contributed by atoms with Gasteiger partial charge in [-0.3, -0.25) is 9.78 Å². The Morgan fingerprint density at radius 3 is 2.30 bits per heavy atom. The van der Waals surface area contributed by atoms with Crippen LogP contribution in [0.4, 0.5) is 17.1 Å². The van der Waals surface area contributed by atoms with Crippen LogP contribution in [-0.2, 0) is 0 Å². The third kappa shape index (κ3) is 5.44. The van der Waals surface area contributed by atoms with Gasteiger partial charge in [0.2, 0.25) is 0 Å². The molecule has 1 aromatic carbocycles. The molecule has 0 saturated carbocycles. The summed E-state index contributed by atoms with van der Waals surface area (Å²) in [6, 6.07) is 10.2. The first-order chi connectivity index (χ1) is 12.8. The molecule has 1 aromatic heterocycles. The third-order valence-electron chi connectivity index (χ3n) is 4.51. The van der Waals surface area contributed by atoms with Crippen molar-refractivity contribution >= 4 is 23.0 Å². The number of rotatable bonds is 4. The van der Waals surface area contributed by atoms with E-state index in [2.05, 4.69) is 56.7 Å². The second-order valence-electron chi connectivity index (χ2n) is 8.13. The average molecular weight is 367 g/mol. The van der Waals surface area contributed by atoms with Gasteiger partial charge in [0.05, 0.1) is 17.4 Å². The molecule has 1 fully saturated rings. The number of hydrogen-bond acceptors (Lipinski definition) is 5. The summed E-state index contributed by atoms with van der Waals surface area (Å²) in [6.45, 7) is 10.2. The van der Waals surface area contributed by atoms with Crippen LogP contribution in [0.15, 0.2) is 42.7 Å². The van der Waals surface area contributed by atoms with E-state index in [-0.39, 0.29) is 11.4 Å². The molecule has 0 unspecified atom stereocenters. The highest BCUT2D eigenvalue weighted by Crippen LogP contribution is 2.22. The van der Waals surface area contributed by atoms with Crippen molar-refractivity contribution in [3.05, 3.63) is 48.3 Å². The molecule has 27 heavy (non-hydrogen) atoms. The predicted molar refractivity (Wildman–Crippen MR) is 111 cm³/mol. The fraction of sp³-hybridized carbons (Fsp3) is 0.429. The number of anilines is 3. The van der Waals surface area contributed by atoms with Gasteiger partial charge in [0, 0.05) is 49.3 Å². The van der Waals surface area contributed by atoms with E-state index in [1.807, 2.05) is 26.8 Å². The number of hydrogen-bond donors (Lipinski definition) is 2. The van der Waals surface area contributed by atoms with Crippen LogP contribution in [-0.4, -0.2) is 54.6 Å². The molecule has 0 aliphatic carbocycles. The Morgan fingerprint density at radius 1 is 1.00 bits per heavy atom. The number of nitrogens with zero attached hydrogens (tertiary/aromatic N) is 3. The summed E-state index contributed by atoms with van der Waals surface area (Å²) in [5.41, 5.74) is 3.28. The lowest BCUT2D eigenvalue weighted by atomic mass is 10.1. The summed E-state index contributed by atoms with van der Waals surface area (Å²) in [5.74, 6) is -0.121. The molecule has 144 valence electrons. The number of likely N-dealkylation sites (N-methyl/N-ethyl adjacent to an activating group) is 1. The van der Waals surface area contributed by atoms with E-state index in [1.165, 1.54) is 5.69 Å². The first kappa shape index (κ1) is 19.2. The number of amides is 1. The molecule has 0 radical (unpaired) electrons. The zero-order chi connectivity index (χ0) is 19.4. The highest BCUT2D eigenvalue weighted by molar-refractivity contribution is 5.95. The van der Waals surface area contributed by atoms with Crippen molar-refractivity contribution in [3.8, 4) is 0 Å². The third-order valence-corrected chi connectivity index (χ3v) is 4.51. The van der Waals surface area contributed by atoms with Crippen LogP contribution >= 0.6 is 0 Å². The van der Waals surface area contributed by atoms with Crippen molar-refractivity contribution in [1.29, 1.82) is 0 Å². The van der Waals surface area contributed by atoms with Gasteiger partial charge in [-0.25, -0.2) is 0 Å². The Kier molecular flexibility index (Phi) is 5.65. The molecule has 1 saturated heterocycles. The van der Waals surface area contributed by atoms with Gasteiger partial charge in [0.15, 0.2) is 0 Å². The van der Waals surface area contributed by atoms with Crippen LogP contribution in [0.2, 0.25) is 0 Å². The highest BCUT2D eigenvalue weighted by Gasteiger charge is 2.16. The van der Waals surface area contributed by atoms with Crippen LogP contribution in [0.1, 0.15) is 31.1 Å². The van der Waals surface area contributed by atoms with Crippen molar-refractivity contribution < 1.29 is 4.79 Å². The first-order valence-electron chi connectivity index (χ1n) is 9.38. The summed E-state index contributed by atoms with van der Waals surface area (Å²) in [6.07, 6.45) is 3.31. The maximum atomic E-state index is 12.3. The van der Waals surface area contributed by atoms with E-state index >= 15 is 0 Å². The van der Waals surface area contributed by atoms with Gasteiger partial charge in [0.1, 0.15) is 0 Å². The van der Waals surface area contributed by atoms with Gasteiger partial charge >= 0.3 is 0 Å². The molecule has 0 spiro atoms. The maximum Gasteiger partial charge on any atom is 0.253 e. The van der Waals surface area contributed by atoms with Crippen LogP contribution in [0.3, 0.4) is 0 Å². The average Bonchev–Trinajstić information content (AvgIpc) is 2.62. The van der Waals surface area contributed by atoms with Crippen molar-refractivity contribution in [2.45, 2.75) is 26.3 Å². The second kappa shape index (κ2) is 7.96. The Labute approximate surface area is 161 Å². The molecule has 2 N–H and O–H groups in total. The second-order valence-corrected chi connectivity index (χ2v) is 8.13. The summed E-state index contributed by atoms with van der Waals surface area (Å²) in [5, 5.41) is 6.29. The van der Waals surface area contributed by atoms with Crippen LogP contribution in [0, 0.1) is 0 Å². The monoisotopic (exact) mass is 367 g/mol. The summed E-state index contributed by atoms with van der Waals surface area (Å²) >= 11 is 0. The van der Waals surface area contributed by atoms with E-state index in [0.29, 0.717) is 5.56 Å². The molecule has 2 heterocycles. The number of nitrogens with one attached hydrogen (secondary N) is 2. The molecule has 6 heteroatoms. The van der Waals surface area contributed by atoms with Gasteiger partial charge in [-0.1, -0.05) is 0 Å². The zero-order valence-corrected chi connectivity index (χ0v) is 16.6. The fourth-order valence-corrected chi connectivity index (χ4v) is 3.03. The minimum Gasteiger partial charge on any atom is -0.369 e. The summed E-state index contributed by atoms with van der Waals surface area (Å²) in [4.78, 5) is 21.3. The molecule has 6 nitrogen and oxygen atoms in total. The molecule has 1 aliphatic heterocycles. The van der Waals surface area contributed by atoms with Crippen molar-refractivity contribution in [2.75, 3.05) is 43.4 Å². The molecule has 2 aromatic rings. The number of aromatic nitrogens is 1.